The van der Waals surface area contributed by atoms with Crippen LogP contribution in [0.1, 0.15) is 49.8 Å². The van der Waals surface area contributed by atoms with E-state index in [0.717, 1.165) is 25.9 Å². The Morgan fingerprint density at radius 1 is 1.32 bits per heavy atom. The lowest BCUT2D eigenvalue weighted by Gasteiger charge is -2.24. The summed E-state index contributed by atoms with van der Waals surface area (Å²) >= 11 is 0. The maximum atomic E-state index is 12.7. The van der Waals surface area contributed by atoms with E-state index >= 15 is 0 Å². The van der Waals surface area contributed by atoms with E-state index < -0.39 is 0 Å². The number of carbonyl (C=O) groups is 1. The highest BCUT2D eigenvalue weighted by Gasteiger charge is 2.24. The molecule has 1 saturated heterocycles. The summed E-state index contributed by atoms with van der Waals surface area (Å²) in [6.45, 7) is 7.89. The molecule has 1 aromatic carbocycles. The van der Waals surface area contributed by atoms with Crippen LogP contribution in [0, 0.1) is 0 Å². The molecule has 0 radical (unpaired) electrons. The van der Waals surface area contributed by atoms with E-state index in [9.17, 15) is 4.79 Å². The maximum Gasteiger partial charge on any atom is 0.258 e. The van der Waals surface area contributed by atoms with Gasteiger partial charge in [-0.25, -0.2) is 0 Å². The highest BCUT2D eigenvalue weighted by atomic mass is 35.5. The molecule has 1 fully saturated rings. The van der Waals surface area contributed by atoms with Gasteiger partial charge in [0.2, 0.25) is 0 Å². The maximum absolute atomic E-state index is 12.7. The standard InChI is InChI=1S/C18H24N4O2.ClH/c1-18(2,3)17-21-16(24-22-17)14-9-5-4-8-13(14)15(23)20-12-7-6-10-19-11-12;/h4-5,8-9,12,19H,6-7,10-11H2,1-3H3,(H,20,23);1H. The molecule has 2 N–H and O–H groups in total. The molecule has 6 nitrogen and oxygen atoms in total. The molecular weight excluding hydrogens is 340 g/mol. The predicted octanol–water partition coefficient (Wildman–Crippen LogP) is 2.94. The monoisotopic (exact) mass is 364 g/mol. The molecule has 7 heteroatoms. The van der Waals surface area contributed by atoms with Crippen molar-refractivity contribution < 1.29 is 9.32 Å². The van der Waals surface area contributed by atoms with Crippen LogP contribution < -0.4 is 10.6 Å². The molecule has 0 bridgehead atoms. The second-order valence-electron chi connectivity index (χ2n) is 7.24. The van der Waals surface area contributed by atoms with Crippen molar-refractivity contribution in [1.29, 1.82) is 0 Å². The highest BCUT2D eigenvalue weighted by Crippen LogP contribution is 2.26. The SMILES string of the molecule is CC(C)(C)c1noc(-c2ccccc2C(=O)NC2CCCNC2)n1.Cl. The zero-order chi connectivity index (χ0) is 17.2. The first-order chi connectivity index (χ1) is 11.4. The van der Waals surface area contributed by atoms with Crippen LogP contribution >= 0.6 is 12.4 Å². The van der Waals surface area contributed by atoms with Crippen LogP contribution in [0.25, 0.3) is 11.5 Å². The van der Waals surface area contributed by atoms with Gasteiger partial charge >= 0.3 is 0 Å². The number of benzene rings is 1. The normalized spacial score (nSPS) is 17.6. The number of aromatic nitrogens is 2. The van der Waals surface area contributed by atoms with Gasteiger partial charge in [-0.3, -0.25) is 4.79 Å². The minimum atomic E-state index is -0.202. The van der Waals surface area contributed by atoms with Gasteiger partial charge in [-0.1, -0.05) is 38.1 Å². The Labute approximate surface area is 154 Å². The summed E-state index contributed by atoms with van der Waals surface area (Å²) in [6.07, 6.45) is 2.07. The average molecular weight is 365 g/mol. The molecule has 2 aromatic rings. The Kier molecular flexibility index (Phi) is 6.19. The molecule has 1 aliphatic rings. The number of piperidine rings is 1. The predicted molar refractivity (Wildman–Crippen MR) is 99.0 cm³/mol. The van der Waals surface area contributed by atoms with Gasteiger partial charge in [0.1, 0.15) is 0 Å². The summed E-state index contributed by atoms with van der Waals surface area (Å²) in [6, 6.07) is 7.51. The third-order valence-electron chi connectivity index (χ3n) is 4.13. The second-order valence-corrected chi connectivity index (χ2v) is 7.24. The van der Waals surface area contributed by atoms with Crippen LogP contribution in [0.3, 0.4) is 0 Å². The summed E-state index contributed by atoms with van der Waals surface area (Å²) in [5, 5.41) is 10.4. The van der Waals surface area contributed by atoms with Crippen LogP contribution in [-0.4, -0.2) is 35.2 Å². The van der Waals surface area contributed by atoms with Crippen molar-refractivity contribution in [2.24, 2.45) is 0 Å². The fraction of sp³-hybridized carbons (Fsp3) is 0.500. The summed E-state index contributed by atoms with van der Waals surface area (Å²) in [4.78, 5) is 17.2. The largest absolute Gasteiger partial charge is 0.348 e. The number of nitrogens with zero attached hydrogens (tertiary/aromatic N) is 2. The van der Waals surface area contributed by atoms with E-state index in [1.165, 1.54) is 0 Å². The Morgan fingerprint density at radius 2 is 2.08 bits per heavy atom. The molecule has 25 heavy (non-hydrogen) atoms. The van der Waals surface area contributed by atoms with E-state index in [-0.39, 0.29) is 29.8 Å². The Morgan fingerprint density at radius 3 is 2.72 bits per heavy atom. The molecule has 1 aromatic heterocycles. The Bertz CT molecular complexity index is 718. The van der Waals surface area contributed by atoms with Gasteiger partial charge in [0.05, 0.1) is 11.1 Å². The van der Waals surface area contributed by atoms with Gasteiger partial charge in [-0.15, -0.1) is 12.4 Å². The minimum absolute atomic E-state index is 0. The Balaban J connectivity index is 0.00000225. The first kappa shape index (κ1) is 19.4. The molecule has 1 aliphatic heterocycles. The number of rotatable bonds is 3. The summed E-state index contributed by atoms with van der Waals surface area (Å²) in [5.41, 5.74) is 1.03. The molecule has 1 unspecified atom stereocenters. The fourth-order valence-electron chi connectivity index (χ4n) is 2.74. The van der Waals surface area contributed by atoms with E-state index in [2.05, 4.69) is 20.8 Å². The van der Waals surface area contributed by atoms with Crippen LogP contribution in [-0.2, 0) is 5.41 Å². The van der Waals surface area contributed by atoms with Crippen LogP contribution in [0.15, 0.2) is 28.8 Å². The smallest absolute Gasteiger partial charge is 0.258 e. The van der Waals surface area contributed by atoms with Gasteiger partial charge in [0.15, 0.2) is 5.82 Å². The van der Waals surface area contributed by atoms with Crippen molar-refractivity contribution in [1.82, 2.24) is 20.8 Å². The van der Waals surface area contributed by atoms with Gasteiger partial charge < -0.3 is 15.2 Å². The Hall–Kier alpha value is -1.92. The van der Waals surface area contributed by atoms with E-state index in [4.69, 9.17) is 4.52 Å². The number of carbonyl (C=O) groups excluding carboxylic acids is 1. The van der Waals surface area contributed by atoms with Crippen LogP contribution in [0.5, 0.6) is 0 Å². The quantitative estimate of drug-likeness (QED) is 0.875. The molecule has 2 heterocycles. The highest BCUT2D eigenvalue weighted by molar-refractivity contribution is 6.00. The number of amides is 1. The second kappa shape index (κ2) is 7.97. The third kappa shape index (κ3) is 4.58. The molecule has 1 atom stereocenters. The lowest BCUT2D eigenvalue weighted by molar-refractivity contribution is 0.0931. The van der Waals surface area contributed by atoms with Gasteiger partial charge in [-0.2, -0.15) is 4.98 Å². The fourth-order valence-corrected chi connectivity index (χ4v) is 2.74. The van der Waals surface area contributed by atoms with Crippen molar-refractivity contribution in [3.05, 3.63) is 35.7 Å². The molecule has 3 rings (SSSR count). The summed E-state index contributed by atoms with van der Waals surface area (Å²) in [5.74, 6) is 0.909. The average Bonchev–Trinajstić information content (AvgIpc) is 3.06. The van der Waals surface area contributed by atoms with Crippen molar-refractivity contribution in [3.8, 4) is 11.5 Å². The number of hydrogen-bond acceptors (Lipinski definition) is 5. The van der Waals surface area contributed by atoms with Crippen LogP contribution in [0.2, 0.25) is 0 Å². The summed E-state index contributed by atoms with van der Waals surface area (Å²) in [7, 11) is 0. The topological polar surface area (TPSA) is 80.0 Å². The third-order valence-corrected chi connectivity index (χ3v) is 4.13. The molecule has 136 valence electrons. The zero-order valence-corrected chi connectivity index (χ0v) is 15.7. The van der Waals surface area contributed by atoms with E-state index in [1.807, 2.05) is 39.0 Å². The molecular formula is C18H25ClN4O2. The van der Waals surface area contributed by atoms with Crippen molar-refractivity contribution in [2.75, 3.05) is 13.1 Å². The minimum Gasteiger partial charge on any atom is -0.348 e. The van der Waals surface area contributed by atoms with Crippen molar-refractivity contribution in [3.63, 3.8) is 0 Å². The van der Waals surface area contributed by atoms with Crippen molar-refractivity contribution >= 4 is 18.3 Å². The lowest BCUT2D eigenvalue weighted by atomic mass is 9.96. The lowest BCUT2D eigenvalue weighted by Crippen LogP contribution is -2.45. The van der Waals surface area contributed by atoms with Gasteiger partial charge in [-0.05, 0) is 31.5 Å². The number of hydrogen-bond donors (Lipinski definition) is 2. The zero-order valence-electron chi connectivity index (χ0n) is 14.8. The van der Waals surface area contributed by atoms with Crippen molar-refractivity contribution in [2.45, 2.75) is 45.1 Å². The van der Waals surface area contributed by atoms with E-state index in [0.29, 0.717) is 22.8 Å². The molecule has 0 spiro atoms. The number of halogens is 1. The van der Waals surface area contributed by atoms with Gasteiger partial charge in [0, 0.05) is 18.0 Å². The van der Waals surface area contributed by atoms with Gasteiger partial charge in [0.25, 0.3) is 11.8 Å². The molecule has 0 aliphatic carbocycles. The number of nitrogens with one attached hydrogen (secondary N) is 2. The first-order valence-electron chi connectivity index (χ1n) is 8.40. The molecule has 1 amide bonds. The summed E-state index contributed by atoms with van der Waals surface area (Å²) < 4.78 is 5.40. The van der Waals surface area contributed by atoms with E-state index in [1.54, 1.807) is 6.07 Å². The first-order valence-corrected chi connectivity index (χ1v) is 8.40. The molecule has 0 saturated carbocycles. The van der Waals surface area contributed by atoms with Crippen LogP contribution in [0.4, 0.5) is 0 Å².